The van der Waals surface area contributed by atoms with Gasteiger partial charge >= 0.3 is 0 Å². The molecule has 0 saturated heterocycles. The molecular formula is C15H16NO. The first kappa shape index (κ1) is 11.5. The number of anilines is 1. The summed E-state index contributed by atoms with van der Waals surface area (Å²) in [6.07, 6.45) is 0. The van der Waals surface area contributed by atoms with Crippen LogP contribution in [-0.2, 0) is 0 Å². The summed E-state index contributed by atoms with van der Waals surface area (Å²) in [5, 5.41) is 3.34. The van der Waals surface area contributed by atoms with Gasteiger partial charge in [0.15, 0.2) is 0 Å². The molecule has 0 atom stereocenters. The zero-order valence-corrected chi connectivity index (χ0v) is 10.1. The van der Waals surface area contributed by atoms with Crippen LogP contribution in [0.2, 0.25) is 0 Å². The van der Waals surface area contributed by atoms with E-state index >= 15 is 0 Å². The van der Waals surface area contributed by atoms with E-state index in [2.05, 4.69) is 25.2 Å². The van der Waals surface area contributed by atoms with Crippen LogP contribution in [0.1, 0.15) is 13.8 Å². The molecule has 87 valence electrons. The van der Waals surface area contributed by atoms with E-state index in [4.69, 9.17) is 4.74 Å². The Morgan fingerprint density at radius 3 is 2.12 bits per heavy atom. The molecular weight excluding hydrogens is 210 g/mol. The lowest BCUT2D eigenvalue weighted by molar-refractivity contribution is 0.482. The molecule has 17 heavy (non-hydrogen) atoms. The summed E-state index contributed by atoms with van der Waals surface area (Å²) >= 11 is 0. The van der Waals surface area contributed by atoms with E-state index in [-0.39, 0.29) is 0 Å². The molecule has 0 heterocycles. The minimum atomic E-state index is 0.437. The molecule has 1 N–H and O–H groups in total. The molecule has 0 aliphatic carbocycles. The summed E-state index contributed by atoms with van der Waals surface area (Å²) in [6.45, 7) is 4.23. The number of nitrogens with one attached hydrogen (secondary N) is 1. The number of hydrogen-bond donors (Lipinski definition) is 1. The molecule has 0 spiro atoms. The summed E-state index contributed by atoms with van der Waals surface area (Å²) in [5.41, 5.74) is 1.11. The fourth-order valence-corrected chi connectivity index (χ4v) is 1.53. The van der Waals surface area contributed by atoms with Gasteiger partial charge in [0.25, 0.3) is 0 Å². The SMILES string of the molecule is CC(C)Nc1ccc(Oc2cc[c]cc2)cc1. The van der Waals surface area contributed by atoms with Crippen molar-refractivity contribution in [1.29, 1.82) is 0 Å². The Kier molecular flexibility index (Phi) is 3.66. The molecule has 0 fully saturated rings. The van der Waals surface area contributed by atoms with Crippen LogP contribution in [0.5, 0.6) is 11.5 Å². The predicted molar refractivity (Wildman–Crippen MR) is 70.6 cm³/mol. The van der Waals surface area contributed by atoms with E-state index in [9.17, 15) is 0 Å². The highest BCUT2D eigenvalue weighted by Crippen LogP contribution is 2.22. The van der Waals surface area contributed by atoms with Gasteiger partial charge in [-0.15, -0.1) is 0 Å². The second-order valence-electron chi connectivity index (χ2n) is 4.16. The Balaban J connectivity index is 2.03. The smallest absolute Gasteiger partial charge is 0.127 e. The average molecular weight is 226 g/mol. The van der Waals surface area contributed by atoms with Crippen molar-refractivity contribution in [2.45, 2.75) is 19.9 Å². The van der Waals surface area contributed by atoms with Crippen LogP contribution in [0.3, 0.4) is 0 Å². The highest BCUT2D eigenvalue weighted by atomic mass is 16.5. The molecule has 1 radical (unpaired) electrons. The summed E-state index contributed by atoms with van der Waals surface area (Å²) in [6, 6.07) is 18.8. The molecule has 0 unspecified atom stereocenters. The molecule has 2 rings (SSSR count). The zero-order chi connectivity index (χ0) is 12.1. The molecule has 2 aromatic carbocycles. The monoisotopic (exact) mass is 226 g/mol. The van der Waals surface area contributed by atoms with Crippen LogP contribution in [0.15, 0.2) is 48.5 Å². The van der Waals surface area contributed by atoms with Gasteiger partial charge in [-0.1, -0.05) is 12.1 Å². The van der Waals surface area contributed by atoms with E-state index in [1.807, 2.05) is 48.5 Å². The first-order valence-electron chi connectivity index (χ1n) is 5.74. The van der Waals surface area contributed by atoms with Crippen molar-refractivity contribution in [2.24, 2.45) is 0 Å². The first-order valence-corrected chi connectivity index (χ1v) is 5.74. The Morgan fingerprint density at radius 1 is 0.941 bits per heavy atom. The average Bonchev–Trinajstić information content (AvgIpc) is 2.32. The van der Waals surface area contributed by atoms with Gasteiger partial charge in [-0.2, -0.15) is 0 Å². The van der Waals surface area contributed by atoms with Crippen molar-refractivity contribution >= 4 is 5.69 Å². The van der Waals surface area contributed by atoms with Gasteiger partial charge in [0, 0.05) is 11.7 Å². The number of hydrogen-bond acceptors (Lipinski definition) is 2. The van der Waals surface area contributed by atoms with Crippen LogP contribution in [0, 0.1) is 6.07 Å². The maximum Gasteiger partial charge on any atom is 0.127 e. The Morgan fingerprint density at radius 2 is 1.53 bits per heavy atom. The van der Waals surface area contributed by atoms with Crippen molar-refractivity contribution < 1.29 is 4.74 Å². The number of ether oxygens (including phenoxy) is 1. The van der Waals surface area contributed by atoms with E-state index < -0.39 is 0 Å². The minimum Gasteiger partial charge on any atom is -0.457 e. The molecule has 0 aliphatic heterocycles. The topological polar surface area (TPSA) is 21.3 Å². The summed E-state index contributed by atoms with van der Waals surface area (Å²) < 4.78 is 5.69. The lowest BCUT2D eigenvalue weighted by Gasteiger charge is -2.10. The van der Waals surface area contributed by atoms with Crippen LogP contribution < -0.4 is 10.1 Å². The summed E-state index contributed by atoms with van der Waals surface area (Å²) in [7, 11) is 0. The lowest BCUT2D eigenvalue weighted by atomic mass is 10.2. The second kappa shape index (κ2) is 5.39. The molecule has 0 aliphatic rings. The largest absolute Gasteiger partial charge is 0.457 e. The standard InChI is InChI=1S/C15H16NO/c1-12(2)16-13-8-10-15(11-9-13)17-14-6-4-3-5-7-14/h4-12,16H,1-2H3. The Bertz CT molecular complexity index is 448. The van der Waals surface area contributed by atoms with Gasteiger partial charge in [-0.3, -0.25) is 0 Å². The van der Waals surface area contributed by atoms with Crippen LogP contribution in [0.4, 0.5) is 5.69 Å². The molecule has 0 bridgehead atoms. The molecule has 2 heteroatoms. The Labute approximate surface area is 102 Å². The molecule has 0 amide bonds. The summed E-state index contributed by atoms with van der Waals surface area (Å²) in [4.78, 5) is 0. The fourth-order valence-electron chi connectivity index (χ4n) is 1.53. The second-order valence-corrected chi connectivity index (χ2v) is 4.16. The van der Waals surface area contributed by atoms with Gasteiger partial charge in [0.1, 0.15) is 11.5 Å². The van der Waals surface area contributed by atoms with E-state index in [1.165, 1.54) is 0 Å². The van der Waals surface area contributed by atoms with Crippen molar-refractivity contribution in [3.05, 3.63) is 54.6 Å². The van der Waals surface area contributed by atoms with Gasteiger partial charge in [0.2, 0.25) is 0 Å². The van der Waals surface area contributed by atoms with E-state index in [0.717, 1.165) is 17.2 Å². The third-order valence-electron chi connectivity index (χ3n) is 2.23. The fraction of sp³-hybridized carbons (Fsp3) is 0.200. The number of rotatable bonds is 4. The lowest BCUT2D eigenvalue weighted by Crippen LogP contribution is -2.09. The van der Waals surface area contributed by atoms with Crippen molar-refractivity contribution in [1.82, 2.24) is 0 Å². The van der Waals surface area contributed by atoms with Gasteiger partial charge in [-0.05, 0) is 56.3 Å². The normalized spacial score (nSPS) is 10.3. The maximum absolute atomic E-state index is 5.69. The van der Waals surface area contributed by atoms with E-state index in [1.54, 1.807) is 0 Å². The molecule has 0 saturated carbocycles. The van der Waals surface area contributed by atoms with Gasteiger partial charge in [-0.25, -0.2) is 0 Å². The third-order valence-corrected chi connectivity index (χ3v) is 2.23. The first-order chi connectivity index (χ1) is 8.24. The van der Waals surface area contributed by atoms with Crippen molar-refractivity contribution in [3.63, 3.8) is 0 Å². The molecule has 2 nitrogen and oxygen atoms in total. The zero-order valence-electron chi connectivity index (χ0n) is 10.1. The number of benzene rings is 2. The predicted octanol–water partition coefficient (Wildman–Crippen LogP) is 4.10. The quantitative estimate of drug-likeness (QED) is 0.847. The third kappa shape index (κ3) is 3.52. The van der Waals surface area contributed by atoms with E-state index in [0.29, 0.717) is 6.04 Å². The van der Waals surface area contributed by atoms with Crippen LogP contribution in [-0.4, -0.2) is 6.04 Å². The Hall–Kier alpha value is -1.96. The highest BCUT2D eigenvalue weighted by Gasteiger charge is 1.98. The van der Waals surface area contributed by atoms with Gasteiger partial charge < -0.3 is 10.1 Å². The minimum absolute atomic E-state index is 0.437. The van der Waals surface area contributed by atoms with Crippen LogP contribution >= 0.6 is 0 Å². The van der Waals surface area contributed by atoms with Crippen LogP contribution in [0.25, 0.3) is 0 Å². The molecule has 0 aromatic heterocycles. The van der Waals surface area contributed by atoms with Crippen molar-refractivity contribution in [2.75, 3.05) is 5.32 Å². The van der Waals surface area contributed by atoms with Crippen molar-refractivity contribution in [3.8, 4) is 11.5 Å². The van der Waals surface area contributed by atoms with Gasteiger partial charge in [0.05, 0.1) is 0 Å². The maximum atomic E-state index is 5.69. The highest BCUT2D eigenvalue weighted by molar-refractivity contribution is 5.47. The molecule has 2 aromatic rings. The summed E-state index contributed by atoms with van der Waals surface area (Å²) in [5.74, 6) is 1.67.